The number of carboxylic acid groups (broad SMARTS) is 1. The van der Waals surface area contributed by atoms with Crippen molar-refractivity contribution in [2.24, 2.45) is 5.41 Å². The van der Waals surface area contributed by atoms with E-state index in [1.165, 1.54) is 13.8 Å². The van der Waals surface area contributed by atoms with Gasteiger partial charge < -0.3 is 15.3 Å². The molecule has 1 aromatic rings. The van der Waals surface area contributed by atoms with Gasteiger partial charge in [-0.15, -0.1) is 0 Å². The first kappa shape index (κ1) is 15.1. The largest absolute Gasteiger partial charge is 0.504 e. The van der Waals surface area contributed by atoms with E-state index < -0.39 is 41.0 Å². The van der Waals surface area contributed by atoms with Crippen LogP contribution in [0.2, 0.25) is 0 Å². The third kappa shape index (κ3) is 3.30. The maximum atomic E-state index is 12.8. The van der Waals surface area contributed by atoms with Gasteiger partial charge in [0, 0.05) is 0 Å². The lowest BCUT2D eigenvalue weighted by molar-refractivity contribution is -0.148. The molecule has 7 heteroatoms. The van der Waals surface area contributed by atoms with Gasteiger partial charge in [0.05, 0.1) is 11.0 Å². The van der Waals surface area contributed by atoms with Crippen LogP contribution in [0, 0.1) is 5.41 Å². The first-order valence-corrected chi connectivity index (χ1v) is 5.30. The van der Waals surface area contributed by atoms with Gasteiger partial charge in [0.1, 0.15) is 0 Å². The number of benzene rings is 1. The van der Waals surface area contributed by atoms with Crippen LogP contribution >= 0.6 is 0 Å². The van der Waals surface area contributed by atoms with Gasteiger partial charge in [0.15, 0.2) is 11.5 Å². The van der Waals surface area contributed by atoms with Crippen molar-refractivity contribution in [2.75, 3.05) is 0 Å². The van der Waals surface area contributed by atoms with Crippen molar-refractivity contribution in [1.82, 2.24) is 0 Å². The Kier molecular flexibility index (Phi) is 3.70. The standard InChI is InChI=1S/C12H13F3O4/c1-11(2,10(18)19)5-6-3-8(16)9(17)4-7(6)12(13,14)15/h3-4,16-17H,5H2,1-2H3,(H,18,19). The van der Waals surface area contributed by atoms with Gasteiger partial charge in [0.2, 0.25) is 0 Å². The zero-order chi connectivity index (χ0) is 15.0. The molecule has 19 heavy (non-hydrogen) atoms. The Hall–Kier alpha value is -1.92. The molecule has 106 valence electrons. The summed E-state index contributed by atoms with van der Waals surface area (Å²) in [6.07, 6.45) is -5.17. The molecule has 3 N–H and O–H groups in total. The van der Waals surface area contributed by atoms with Crippen molar-refractivity contribution in [1.29, 1.82) is 0 Å². The Morgan fingerprint density at radius 1 is 1.16 bits per heavy atom. The van der Waals surface area contributed by atoms with E-state index in [2.05, 4.69) is 0 Å². The number of alkyl halides is 3. The fourth-order valence-electron chi connectivity index (χ4n) is 1.58. The van der Waals surface area contributed by atoms with Gasteiger partial charge in [-0.05, 0) is 38.0 Å². The first-order chi connectivity index (χ1) is 8.45. The summed E-state index contributed by atoms with van der Waals surface area (Å²) in [6, 6.07) is 1.13. The average Bonchev–Trinajstić information content (AvgIpc) is 2.20. The summed E-state index contributed by atoms with van der Waals surface area (Å²) in [5.41, 5.74) is -2.96. The number of aromatic hydroxyl groups is 2. The van der Waals surface area contributed by atoms with Crippen molar-refractivity contribution in [3.8, 4) is 11.5 Å². The van der Waals surface area contributed by atoms with Crippen LogP contribution in [0.3, 0.4) is 0 Å². The number of hydrogen-bond acceptors (Lipinski definition) is 3. The fourth-order valence-corrected chi connectivity index (χ4v) is 1.58. The summed E-state index contributed by atoms with van der Waals surface area (Å²) >= 11 is 0. The molecule has 0 spiro atoms. The molecule has 0 radical (unpaired) electrons. The van der Waals surface area contributed by atoms with E-state index in [1.54, 1.807) is 0 Å². The summed E-state index contributed by atoms with van der Waals surface area (Å²) in [6.45, 7) is 2.55. The summed E-state index contributed by atoms with van der Waals surface area (Å²) in [4.78, 5) is 10.9. The van der Waals surface area contributed by atoms with E-state index >= 15 is 0 Å². The Balaban J connectivity index is 3.34. The molecule has 1 aromatic carbocycles. The van der Waals surface area contributed by atoms with Crippen molar-refractivity contribution in [3.63, 3.8) is 0 Å². The minimum absolute atomic E-state index is 0.379. The molecule has 0 aliphatic carbocycles. The predicted octanol–water partition coefficient (Wildman–Crippen LogP) is 2.77. The van der Waals surface area contributed by atoms with Crippen LogP contribution in [0.25, 0.3) is 0 Å². The highest BCUT2D eigenvalue weighted by atomic mass is 19.4. The summed E-state index contributed by atoms with van der Waals surface area (Å²) in [5, 5.41) is 27.3. The molecule has 0 heterocycles. The minimum Gasteiger partial charge on any atom is -0.504 e. The summed E-state index contributed by atoms with van der Waals surface area (Å²) in [7, 11) is 0. The van der Waals surface area contributed by atoms with Gasteiger partial charge in [-0.2, -0.15) is 13.2 Å². The minimum atomic E-state index is -4.74. The molecule has 0 bridgehead atoms. The topological polar surface area (TPSA) is 77.8 Å². The molecule has 0 atom stereocenters. The smallest absolute Gasteiger partial charge is 0.416 e. The van der Waals surface area contributed by atoms with Gasteiger partial charge >= 0.3 is 12.1 Å². The zero-order valence-corrected chi connectivity index (χ0v) is 10.2. The van der Waals surface area contributed by atoms with Crippen LogP contribution in [0.4, 0.5) is 13.2 Å². The summed E-state index contributed by atoms with van der Waals surface area (Å²) in [5.74, 6) is -2.87. The Morgan fingerprint density at radius 2 is 1.63 bits per heavy atom. The van der Waals surface area contributed by atoms with E-state index in [9.17, 15) is 23.1 Å². The zero-order valence-electron chi connectivity index (χ0n) is 10.2. The predicted molar refractivity (Wildman–Crippen MR) is 59.9 cm³/mol. The number of phenolic OH excluding ortho intramolecular Hbond substituents is 2. The van der Waals surface area contributed by atoms with Crippen LogP contribution in [0.15, 0.2) is 12.1 Å². The molecular formula is C12H13F3O4. The lowest BCUT2D eigenvalue weighted by Crippen LogP contribution is -2.27. The molecule has 0 saturated carbocycles. The highest BCUT2D eigenvalue weighted by Gasteiger charge is 2.37. The number of halogens is 3. The van der Waals surface area contributed by atoms with E-state index in [0.29, 0.717) is 6.07 Å². The fraction of sp³-hybridized carbons (Fsp3) is 0.417. The number of carbonyl (C=O) groups is 1. The number of phenols is 2. The molecule has 0 aliphatic heterocycles. The second-order valence-electron chi connectivity index (χ2n) is 4.86. The van der Waals surface area contributed by atoms with Crippen molar-refractivity contribution in [2.45, 2.75) is 26.4 Å². The molecule has 0 unspecified atom stereocenters. The SMILES string of the molecule is CC(C)(Cc1cc(O)c(O)cc1C(F)(F)F)C(=O)O. The van der Waals surface area contributed by atoms with Crippen LogP contribution < -0.4 is 0 Å². The number of rotatable bonds is 3. The van der Waals surface area contributed by atoms with Crippen LogP contribution in [0.1, 0.15) is 25.0 Å². The van der Waals surface area contributed by atoms with Crippen LogP contribution in [-0.2, 0) is 17.4 Å². The first-order valence-electron chi connectivity index (χ1n) is 5.30. The molecule has 0 fully saturated rings. The van der Waals surface area contributed by atoms with Crippen LogP contribution in [0.5, 0.6) is 11.5 Å². The van der Waals surface area contributed by atoms with Crippen molar-refractivity contribution in [3.05, 3.63) is 23.3 Å². The van der Waals surface area contributed by atoms with Gasteiger partial charge in [-0.1, -0.05) is 0 Å². The maximum absolute atomic E-state index is 12.8. The molecule has 0 aromatic heterocycles. The number of carboxylic acids is 1. The second kappa shape index (κ2) is 4.64. The quantitative estimate of drug-likeness (QED) is 0.743. The van der Waals surface area contributed by atoms with Gasteiger partial charge in [-0.3, -0.25) is 4.79 Å². The average molecular weight is 278 g/mol. The monoisotopic (exact) mass is 278 g/mol. The lowest BCUT2D eigenvalue weighted by Gasteiger charge is -2.22. The van der Waals surface area contributed by atoms with Gasteiger partial charge in [-0.25, -0.2) is 0 Å². The van der Waals surface area contributed by atoms with Crippen LogP contribution in [-0.4, -0.2) is 21.3 Å². The normalized spacial score (nSPS) is 12.5. The summed E-state index contributed by atoms with van der Waals surface area (Å²) < 4.78 is 38.4. The lowest BCUT2D eigenvalue weighted by atomic mass is 9.84. The molecular weight excluding hydrogens is 265 g/mol. The maximum Gasteiger partial charge on any atom is 0.416 e. The van der Waals surface area contributed by atoms with E-state index in [0.717, 1.165) is 6.07 Å². The molecule has 0 aliphatic rings. The second-order valence-corrected chi connectivity index (χ2v) is 4.86. The number of aliphatic carboxylic acids is 1. The Bertz CT molecular complexity index is 506. The van der Waals surface area contributed by atoms with E-state index in [4.69, 9.17) is 10.2 Å². The molecule has 0 amide bonds. The van der Waals surface area contributed by atoms with Gasteiger partial charge in [0.25, 0.3) is 0 Å². The third-order valence-electron chi connectivity index (χ3n) is 2.72. The highest BCUT2D eigenvalue weighted by Crippen LogP contribution is 2.40. The third-order valence-corrected chi connectivity index (χ3v) is 2.72. The Morgan fingerprint density at radius 3 is 2.05 bits per heavy atom. The Labute approximate surface area is 107 Å². The van der Waals surface area contributed by atoms with E-state index in [-0.39, 0.29) is 5.56 Å². The number of hydrogen-bond donors (Lipinski definition) is 3. The van der Waals surface area contributed by atoms with Crippen molar-refractivity contribution < 1.29 is 33.3 Å². The molecule has 0 saturated heterocycles. The van der Waals surface area contributed by atoms with E-state index in [1.807, 2.05) is 0 Å². The highest BCUT2D eigenvalue weighted by molar-refractivity contribution is 5.74. The van der Waals surface area contributed by atoms with Crippen molar-refractivity contribution >= 4 is 5.97 Å². The molecule has 4 nitrogen and oxygen atoms in total. The molecule has 1 rings (SSSR count).